The van der Waals surface area contributed by atoms with E-state index in [-0.39, 0.29) is 0 Å². The second kappa shape index (κ2) is 5.42. The molecule has 1 aromatic rings. The lowest BCUT2D eigenvalue weighted by molar-refractivity contribution is 0.364. The molecule has 1 unspecified atom stereocenters. The first kappa shape index (κ1) is 10.8. The largest absolute Gasteiger partial charge is 0.360 e. The Bertz CT molecular complexity index is 293. The van der Waals surface area contributed by atoms with Gasteiger partial charge in [-0.1, -0.05) is 11.3 Å². The third-order valence-corrected chi connectivity index (χ3v) is 3.55. The zero-order valence-electron chi connectivity index (χ0n) is 9.12. The highest BCUT2D eigenvalue weighted by Gasteiger charge is 2.12. The third-order valence-electron chi connectivity index (χ3n) is 2.75. The van der Waals surface area contributed by atoms with E-state index >= 15 is 0 Å². The summed E-state index contributed by atoms with van der Waals surface area (Å²) in [5.74, 6) is 0.834. The quantitative estimate of drug-likeness (QED) is 0.819. The van der Waals surface area contributed by atoms with Gasteiger partial charge in [0.2, 0.25) is 5.13 Å². The number of anilines is 1. The van der Waals surface area contributed by atoms with Gasteiger partial charge in [0.05, 0.1) is 0 Å². The molecule has 0 aliphatic carbocycles. The molecule has 2 N–H and O–H groups in total. The average molecular weight is 226 g/mol. The van der Waals surface area contributed by atoms with Gasteiger partial charge >= 0.3 is 0 Å². The zero-order valence-corrected chi connectivity index (χ0v) is 9.94. The summed E-state index contributed by atoms with van der Waals surface area (Å²) in [6, 6.07) is 0. The number of rotatable bonds is 4. The number of piperidine rings is 1. The lowest BCUT2D eigenvalue weighted by atomic mass is 9.96. The van der Waals surface area contributed by atoms with Crippen LogP contribution in [0, 0.1) is 12.8 Å². The summed E-state index contributed by atoms with van der Waals surface area (Å²) < 4.78 is 0. The highest BCUT2D eigenvalue weighted by molar-refractivity contribution is 7.15. The number of aromatic nitrogens is 2. The molecule has 1 fully saturated rings. The SMILES string of the molecule is Cc1nnc(NCCC2CCCNC2)s1. The van der Waals surface area contributed by atoms with Crippen molar-refractivity contribution < 1.29 is 0 Å². The van der Waals surface area contributed by atoms with Crippen LogP contribution in [0.3, 0.4) is 0 Å². The van der Waals surface area contributed by atoms with E-state index in [4.69, 9.17) is 0 Å². The van der Waals surface area contributed by atoms with Crippen molar-refractivity contribution in [2.75, 3.05) is 25.0 Å². The fourth-order valence-electron chi connectivity index (χ4n) is 1.92. The minimum atomic E-state index is 0.834. The second-order valence-corrected chi connectivity index (χ2v) is 5.24. The highest BCUT2D eigenvalue weighted by Crippen LogP contribution is 2.16. The fourth-order valence-corrected chi connectivity index (χ4v) is 2.54. The van der Waals surface area contributed by atoms with Crippen molar-refractivity contribution in [3.63, 3.8) is 0 Å². The van der Waals surface area contributed by atoms with Crippen LogP contribution in [-0.4, -0.2) is 29.8 Å². The van der Waals surface area contributed by atoms with Crippen molar-refractivity contribution in [3.8, 4) is 0 Å². The van der Waals surface area contributed by atoms with Gasteiger partial charge in [-0.15, -0.1) is 10.2 Å². The molecule has 5 heteroatoms. The van der Waals surface area contributed by atoms with Crippen LogP contribution in [-0.2, 0) is 0 Å². The van der Waals surface area contributed by atoms with Crippen LogP contribution < -0.4 is 10.6 Å². The molecule has 2 heterocycles. The van der Waals surface area contributed by atoms with Gasteiger partial charge in [-0.25, -0.2) is 0 Å². The molecule has 0 amide bonds. The lowest BCUT2D eigenvalue weighted by Gasteiger charge is -2.22. The Kier molecular flexibility index (Phi) is 3.91. The molecule has 15 heavy (non-hydrogen) atoms. The fraction of sp³-hybridized carbons (Fsp3) is 0.800. The Hall–Kier alpha value is -0.680. The summed E-state index contributed by atoms with van der Waals surface area (Å²) in [5, 5.41) is 16.8. The van der Waals surface area contributed by atoms with Crippen LogP contribution in [0.4, 0.5) is 5.13 Å². The van der Waals surface area contributed by atoms with E-state index in [9.17, 15) is 0 Å². The Morgan fingerprint density at radius 1 is 1.53 bits per heavy atom. The van der Waals surface area contributed by atoms with Gasteiger partial charge in [-0.05, 0) is 45.2 Å². The lowest BCUT2D eigenvalue weighted by Crippen LogP contribution is -2.30. The van der Waals surface area contributed by atoms with Crippen molar-refractivity contribution >= 4 is 16.5 Å². The zero-order chi connectivity index (χ0) is 10.5. The van der Waals surface area contributed by atoms with Gasteiger partial charge < -0.3 is 10.6 Å². The summed E-state index contributed by atoms with van der Waals surface area (Å²) in [4.78, 5) is 0. The molecule has 0 saturated carbocycles. The molecule has 0 radical (unpaired) electrons. The molecule has 1 aliphatic heterocycles. The third kappa shape index (κ3) is 3.43. The van der Waals surface area contributed by atoms with Gasteiger partial charge in [-0.3, -0.25) is 0 Å². The Labute approximate surface area is 94.5 Å². The maximum atomic E-state index is 4.04. The maximum absolute atomic E-state index is 4.04. The topological polar surface area (TPSA) is 49.8 Å². The van der Waals surface area contributed by atoms with Crippen LogP contribution in [0.25, 0.3) is 0 Å². The Morgan fingerprint density at radius 3 is 3.13 bits per heavy atom. The van der Waals surface area contributed by atoms with E-state index in [0.717, 1.165) is 22.6 Å². The summed E-state index contributed by atoms with van der Waals surface area (Å²) in [5.41, 5.74) is 0. The molecular weight excluding hydrogens is 208 g/mol. The number of aryl methyl sites for hydroxylation is 1. The van der Waals surface area contributed by atoms with Crippen LogP contribution in [0.1, 0.15) is 24.3 Å². The first-order valence-electron chi connectivity index (χ1n) is 5.59. The normalized spacial score (nSPS) is 21.5. The van der Waals surface area contributed by atoms with E-state index in [1.807, 2.05) is 6.92 Å². The molecule has 1 saturated heterocycles. The summed E-state index contributed by atoms with van der Waals surface area (Å²) in [7, 11) is 0. The molecule has 84 valence electrons. The second-order valence-electron chi connectivity index (χ2n) is 4.05. The van der Waals surface area contributed by atoms with Crippen molar-refractivity contribution in [2.24, 2.45) is 5.92 Å². The van der Waals surface area contributed by atoms with Gasteiger partial charge in [0.15, 0.2) is 0 Å². The summed E-state index contributed by atoms with van der Waals surface area (Å²) in [6.07, 6.45) is 3.91. The minimum absolute atomic E-state index is 0.834. The number of nitrogens with zero attached hydrogens (tertiary/aromatic N) is 2. The maximum Gasteiger partial charge on any atom is 0.205 e. The predicted octanol–water partition coefficient (Wildman–Crippen LogP) is 1.65. The van der Waals surface area contributed by atoms with Gasteiger partial charge in [-0.2, -0.15) is 0 Å². The predicted molar refractivity (Wildman–Crippen MR) is 63.3 cm³/mol. The molecule has 4 nitrogen and oxygen atoms in total. The van der Waals surface area contributed by atoms with E-state index in [0.29, 0.717) is 0 Å². The summed E-state index contributed by atoms with van der Waals surface area (Å²) >= 11 is 1.63. The van der Waals surface area contributed by atoms with Gasteiger partial charge in [0.1, 0.15) is 5.01 Å². The smallest absolute Gasteiger partial charge is 0.205 e. The van der Waals surface area contributed by atoms with Crippen molar-refractivity contribution in [2.45, 2.75) is 26.2 Å². The van der Waals surface area contributed by atoms with Crippen LogP contribution in [0.5, 0.6) is 0 Å². The van der Waals surface area contributed by atoms with Crippen molar-refractivity contribution in [1.29, 1.82) is 0 Å². The van der Waals surface area contributed by atoms with E-state index in [1.54, 1.807) is 11.3 Å². The molecule has 0 spiro atoms. The Balaban J connectivity index is 1.65. The number of hydrogen-bond acceptors (Lipinski definition) is 5. The van der Waals surface area contributed by atoms with E-state index in [2.05, 4.69) is 20.8 Å². The molecule has 0 bridgehead atoms. The molecule has 2 rings (SSSR count). The van der Waals surface area contributed by atoms with Gasteiger partial charge in [0, 0.05) is 6.54 Å². The number of hydrogen-bond donors (Lipinski definition) is 2. The van der Waals surface area contributed by atoms with Crippen LogP contribution in [0.15, 0.2) is 0 Å². The van der Waals surface area contributed by atoms with Gasteiger partial charge in [0.25, 0.3) is 0 Å². The first-order valence-corrected chi connectivity index (χ1v) is 6.41. The van der Waals surface area contributed by atoms with Crippen molar-refractivity contribution in [3.05, 3.63) is 5.01 Å². The molecule has 1 aromatic heterocycles. The summed E-state index contributed by atoms with van der Waals surface area (Å²) in [6.45, 7) is 5.37. The minimum Gasteiger partial charge on any atom is -0.360 e. The van der Waals surface area contributed by atoms with E-state index < -0.39 is 0 Å². The average Bonchev–Trinajstić information content (AvgIpc) is 2.66. The molecular formula is C10H18N4S. The van der Waals surface area contributed by atoms with Crippen LogP contribution >= 0.6 is 11.3 Å². The molecule has 0 aromatic carbocycles. The Morgan fingerprint density at radius 2 is 2.47 bits per heavy atom. The molecule has 1 aliphatic rings. The standard InChI is InChI=1S/C10H18N4S/c1-8-13-14-10(15-8)12-6-4-9-3-2-5-11-7-9/h9,11H,2-7H2,1H3,(H,12,14). The highest BCUT2D eigenvalue weighted by atomic mass is 32.1. The first-order chi connectivity index (χ1) is 7.34. The molecule has 1 atom stereocenters. The van der Waals surface area contributed by atoms with Crippen LogP contribution in [0.2, 0.25) is 0 Å². The monoisotopic (exact) mass is 226 g/mol. The van der Waals surface area contributed by atoms with E-state index in [1.165, 1.54) is 32.4 Å². The van der Waals surface area contributed by atoms with Crippen molar-refractivity contribution in [1.82, 2.24) is 15.5 Å². The number of nitrogens with one attached hydrogen (secondary N) is 2.